The van der Waals surface area contributed by atoms with E-state index in [4.69, 9.17) is 0 Å². The third kappa shape index (κ3) is 6.53. The van der Waals surface area contributed by atoms with Crippen molar-refractivity contribution in [1.82, 2.24) is 8.61 Å². The maximum atomic E-state index is 12.9. The summed E-state index contributed by atoms with van der Waals surface area (Å²) in [5, 5.41) is 2.01. The normalized spacial score (nSPS) is 13.0. The summed E-state index contributed by atoms with van der Waals surface area (Å²) in [6.45, 7) is 12.2. The van der Waals surface area contributed by atoms with Gasteiger partial charge in [-0.2, -0.15) is 17.0 Å². The average molecular weight is 361 g/mol. The lowest BCUT2D eigenvalue weighted by Gasteiger charge is -2.28. The quantitative estimate of drug-likeness (QED) is 0.629. The summed E-state index contributed by atoms with van der Waals surface area (Å²) in [6.07, 6.45) is 1.78. The summed E-state index contributed by atoms with van der Waals surface area (Å²) in [7, 11) is -1.73. The van der Waals surface area contributed by atoms with Gasteiger partial charge in [-0.25, -0.2) is 0 Å². The van der Waals surface area contributed by atoms with Crippen LogP contribution in [0.3, 0.4) is 0 Å². The molecule has 1 heterocycles. The minimum absolute atomic E-state index is 0.450. The Morgan fingerprint density at radius 2 is 1.61 bits per heavy atom. The number of nitrogens with zero attached hydrogens (tertiary/aromatic N) is 2. The Morgan fingerprint density at radius 3 is 2.00 bits per heavy atom. The molecule has 0 amide bonds. The summed E-state index contributed by atoms with van der Waals surface area (Å²) in [6, 6.07) is 2.04. The van der Waals surface area contributed by atoms with Crippen LogP contribution in [-0.2, 0) is 16.8 Å². The lowest BCUT2D eigenvalue weighted by molar-refractivity contribution is 0.324. The third-order valence-corrected chi connectivity index (χ3v) is 6.91. The van der Waals surface area contributed by atoms with E-state index in [1.807, 2.05) is 18.4 Å². The van der Waals surface area contributed by atoms with Crippen LogP contribution in [0.5, 0.6) is 0 Å². The molecule has 4 nitrogen and oxygen atoms in total. The second kappa shape index (κ2) is 9.16. The first-order valence-electron chi connectivity index (χ1n) is 8.39. The predicted molar refractivity (Wildman–Crippen MR) is 99.9 cm³/mol. The Kier molecular flexibility index (Phi) is 8.21. The van der Waals surface area contributed by atoms with E-state index in [1.54, 1.807) is 22.7 Å². The zero-order valence-electron chi connectivity index (χ0n) is 15.4. The van der Waals surface area contributed by atoms with Gasteiger partial charge in [0.05, 0.1) is 0 Å². The van der Waals surface area contributed by atoms with Gasteiger partial charge in [0.2, 0.25) is 0 Å². The van der Waals surface area contributed by atoms with Gasteiger partial charge in [0.25, 0.3) is 10.2 Å². The van der Waals surface area contributed by atoms with E-state index >= 15 is 0 Å². The van der Waals surface area contributed by atoms with Crippen LogP contribution in [0.4, 0.5) is 0 Å². The highest BCUT2D eigenvalue weighted by Gasteiger charge is 2.27. The fourth-order valence-electron chi connectivity index (χ4n) is 2.19. The van der Waals surface area contributed by atoms with Gasteiger partial charge in [-0.3, -0.25) is 0 Å². The number of hydrogen-bond donors (Lipinski definition) is 0. The molecule has 0 spiro atoms. The second-order valence-electron chi connectivity index (χ2n) is 7.05. The fourth-order valence-corrected chi connectivity index (χ4v) is 4.59. The van der Waals surface area contributed by atoms with Gasteiger partial charge < -0.3 is 0 Å². The van der Waals surface area contributed by atoms with Gasteiger partial charge in [0.15, 0.2) is 0 Å². The van der Waals surface area contributed by atoms with Gasteiger partial charge in [-0.15, -0.1) is 11.3 Å². The fraction of sp³-hybridized carbons (Fsp3) is 0.765. The Balaban J connectivity index is 2.84. The van der Waals surface area contributed by atoms with Gasteiger partial charge in [-0.1, -0.05) is 27.7 Å². The van der Waals surface area contributed by atoms with Crippen molar-refractivity contribution in [2.45, 2.75) is 54.0 Å². The first-order valence-corrected chi connectivity index (χ1v) is 10.7. The van der Waals surface area contributed by atoms with E-state index in [0.717, 1.165) is 23.3 Å². The number of hydrogen-bond acceptors (Lipinski definition) is 3. The largest absolute Gasteiger partial charge is 0.282 e. The maximum Gasteiger partial charge on any atom is 0.282 e. The molecule has 0 unspecified atom stereocenters. The molecule has 0 aliphatic carbocycles. The van der Waals surface area contributed by atoms with Crippen molar-refractivity contribution < 1.29 is 8.42 Å². The van der Waals surface area contributed by atoms with Crippen molar-refractivity contribution in [2.24, 2.45) is 11.8 Å². The first-order chi connectivity index (χ1) is 10.6. The molecule has 0 saturated heterocycles. The molecular formula is C17H32N2O2S2. The lowest BCUT2D eigenvalue weighted by atomic mass is 10.1. The first kappa shape index (κ1) is 20.6. The second-order valence-corrected chi connectivity index (χ2v) is 10.1. The van der Waals surface area contributed by atoms with E-state index in [1.165, 1.54) is 4.31 Å². The van der Waals surface area contributed by atoms with E-state index in [-0.39, 0.29) is 0 Å². The molecule has 134 valence electrons. The molecule has 1 aromatic rings. The Morgan fingerprint density at radius 1 is 1.09 bits per heavy atom. The van der Waals surface area contributed by atoms with Crippen LogP contribution in [0, 0.1) is 18.8 Å². The highest BCUT2D eigenvalue weighted by Crippen LogP contribution is 2.21. The molecule has 23 heavy (non-hydrogen) atoms. The van der Waals surface area contributed by atoms with Crippen LogP contribution in [-0.4, -0.2) is 37.2 Å². The number of aryl methyl sites for hydroxylation is 1. The van der Waals surface area contributed by atoms with Crippen LogP contribution >= 0.6 is 11.3 Å². The molecule has 0 atom stereocenters. The summed E-state index contributed by atoms with van der Waals surface area (Å²) in [5.41, 5.74) is 1.16. The Bertz CT molecular complexity index is 553. The number of thiophene rings is 1. The van der Waals surface area contributed by atoms with Crippen molar-refractivity contribution in [1.29, 1.82) is 0 Å². The number of rotatable bonds is 10. The molecule has 1 aromatic heterocycles. The highest BCUT2D eigenvalue weighted by molar-refractivity contribution is 7.86. The van der Waals surface area contributed by atoms with Crippen LogP contribution < -0.4 is 0 Å². The zero-order valence-corrected chi connectivity index (χ0v) is 17.0. The minimum atomic E-state index is -3.41. The van der Waals surface area contributed by atoms with Crippen LogP contribution in [0.25, 0.3) is 0 Å². The zero-order chi connectivity index (χ0) is 17.6. The minimum Gasteiger partial charge on any atom is -0.195 e. The van der Waals surface area contributed by atoms with E-state index in [0.29, 0.717) is 31.5 Å². The van der Waals surface area contributed by atoms with Gasteiger partial charge in [-0.05, 0) is 48.6 Å². The molecule has 0 aliphatic rings. The van der Waals surface area contributed by atoms with Crippen molar-refractivity contribution in [3.05, 3.63) is 21.9 Å². The van der Waals surface area contributed by atoms with Crippen LogP contribution in [0.15, 0.2) is 11.4 Å². The Hall–Kier alpha value is -0.430. The molecule has 0 radical (unpaired) electrons. The van der Waals surface area contributed by atoms with Gasteiger partial charge in [0.1, 0.15) is 0 Å². The highest BCUT2D eigenvalue weighted by atomic mass is 32.2. The third-order valence-electron chi connectivity index (χ3n) is 3.97. The average Bonchev–Trinajstić information content (AvgIpc) is 2.83. The molecule has 0 saturated carbocycles. The molecule has 0 aromatic carbocycles. The molecule has 0 aliphatic heterocycles. The molecule has 0 fully saturated rings. The van der Waals surface area contributed by atoms with E-state index in [9.17, 15) is 8.42 Å². The van der Waals surface area contributed by atoms with E-state index < -0.39 is 10.2 Å². The SMILES string of the molecule is Cc1ccsc1CN(C)S(=O)(=O)N(CCC(C)C)CCC(C)C. The maximum absolute atomic E-state index is 12.9. The molecule has 1 rings (SSSR count). The summed E-state index contributed by atoms with van der Waals surface area (Å²) in [4.78, 5) is 1.11. The smallest absolute Gasteiger partial charge is 0.195 e. The molecular weight excluding hydrogens is 328 g/mol. The Labute approximate surface area is 146 Å². The molecule has 0 bridgehead atoms. The standard InChI is InChI=1S/C17H32N2O2S2/c1-14(2)7-10-19(11-8-15(3)4)23(20,21)18(6)13-17-16(5)9-12-22-17/h9,12,14-15H,7-8,10-11,13H2,1-6H3. The molecule has 0 N–H and O–H groups in total. The van der Waals surface area contributed by atoms with Crippen molar-refractivity contribution >= 4 is 21.5 Å². The van der Waals surface area contributed by atoms with Gasteiger partial charge >= 0.3 is 0 Å². The van der Waals surface area contributed by atoms with Crippen molar-refractivity contribution in [3.63, 3.8) is 0 Å². The topological polar surface area (TPSA) is 40.6 Å². The van der Waals surface area contributed by atoms with Gasteiger partial charge in [0, 0.05) is 31.6 Å². The summed E-state index contributed by atoms with van der Waals surface area (Å²) < 4.78 is 29.1. The van der Waals surface area contributed by atoms with Crippen LogP contribution in [0.2, 0.25) is 0 Å². The molecule has 6 heteroatoms. The van der Waals surface area contributed by atoms with E-state index in [2.05, 4.69) is 27.7 Å². The van der Waals surface area contributed by atoms with Crippen molar-refractivity contribution in [2.75, 3.05) is 20.1 Å². The summed E-state index contributed by atoms with van der Waals surface area (Å²) in [5.74, 6) is 0.994. The van der Waals surface area contributed by atoms with Crippen molar-refractivity contribution in [3.8, 4) is 0 Å². The van der Waals surface area contributed by atoms with Crippen LogP contribution in [0.1, 0.15) is 51.0 Å². The predicted octanol–water partition coefficient (Wildman–Crippen LogP) is 4.13. The summed E-state index contributed by atoms with van der Waals surface area (Å²) >= 11 is 1.62. The monoisotopic (exact) mass is 360 g/mol. The lowest BCUT2D eigenvalue weighted by Crippen LogP contribution is -2.43.